The first kappa shape index (κ1) is 9.31. The molecular formula is C8H7FN2O2. The predicted molar refractivity (Wildman–Crippen MR) is 43.0 cm³/mol. The molecule has 0 aliphatic carbocycles. The van der Waals surface area contributed by atoms with Crippen LogP contribution in [-0.4, -0.2) is 24.2 Å². The summed E-state index contributed by atoms with van der Waals surface area (Å²) in [5.41, 5.74) is -0.341. The SMILES string of the molecule is CNC(=O)c1ccc(F)c(C=O)n1. The topological polar surface area (TPSA) is 59.1 Å². The van der Waals surface area contributed by atoms with E-state index in [2.05, 4.69) is 10.3 Å². The molecule has 68 valence electrons. The summed E-state index contributed by atoms with van der Waals surface area (Å²) in [5.74, 6) is -1.19. The van der Waals surface area contributed by atoms with Crippen LogP contribution in [0.1, 0.15) is 21.0 Å². The van der Waals surface area contributed by atoms with Crippen molar-refractivity contribution in [2.75, 3.05) is 7.05 Å². The zero-order valence-electron chi connectivity index (χ0n) is 6.87. The lowest BCUT2D eigenvalue weighted by molar-refractivity contribution is 0.0958. The molecule has 1 aromatic heterocycles. The normalized spacial score (nSPS) is 9.38. The van der Waals surface area contributed by atoms with Crippen molar-refractivity contribution in [1.82, 2.24) is 10.3 Å². The van der Waals surface area contributed by atoms with E-state index in [1.807, 2.05) is 0 Å². The van der Waals surface area contributed by atoms with Crippen molar-refractivity contribution < 1.29 is 14.0 Å². The number of halogens is 1. The van der Waals surface area contributed by atoms with Crippen LogP contribution >= 0.6 is 0 Å². The van der Waals surface area contributed by atoms with Crippen LogP contribution in [0.5, 0.6) is 0 Å². The molecule has 0 saturated carbocycles. The van der Waals surface area contributed by atoms with E-state index in [1.54, 1.807) is 0 Å². The molecule has 5 heteroatoms. The van der Waals surface area contributed by atoms with Gasteiger partial charge in [-0.1, -0.05) is 0 Å². The van der Waals surface area contributed by atoms with E-state index < -0.39 is 11.7 Å². The first-order valence-electron chi connectivity index (χ1n) is 3.53. The highest BCUT2D eigenvalue weighted by molar-refractivity contribution is 5.92. The Bertz CT molecular complexity index is 352. The largest absolute Gasteiger partial charge is 0.354 e. The molecule has 1 aromatic rings. The molecule has 13 heavy (non-hydrogen) atoms. The fourth-order valence-corrected chi connectivity index (χ4v) is 0.795. The quantitative estimate of drug-likeness (QED) is 0.673. The summed E-state index contributed by atoms with van der Waals surface area (Å²) >= 11 is 0. The van der Waals surface area contributed by atoms with E-state index >= 15 is 0 Å². The van der Waals surface area contributed by atoms with Gasteiger partial charge in [0.15, 0.2) is 12.1 Å². The highest BCUT2D eigenvalue weighted by atomic mass is 19.1. The van der Waals surface area contributed by atoms with Gasteiger partial charge in [0, 0.05) is 7.05 Å². The maximum Gasteiger partial charge on any atom is 0.269 e. The Morgan fingerprint density at radius 2 is 2.31 bits per heavy atom. The minimum atomic E-state index is -0.734. The van der Waals surface area contributed by atoms with Crippen LogP contribution in [0.4, 0.5) is 4.39 Å². The molecule has 4 nitrogen and oxygen atoms in total. The van der Waals surface area contributed by atoms with E-state index in [4.69, 9.17) is 0 Å². The van der Waals surface area contributed by atoms with Crippen molar-refractivity contribution in [3.8, 4) is 0 Å². The number of aromatic nitrogens is 1. The third-order valence-electron chi connectivity index (χ3n) is 1.44. The molecule has 0 atom stereocenters. The van der Waals surface area contributed by atoms with Gasteiger partial charge in [0.25, 0.3) is 5.91 Å². The average molecular weight is 182 g/mol. The van der Waals surface area contributed by atoms with E-state index in [0.717, 1.165) is 6.07 Å². The molecule has 1 amide bonds. The van der Waals surface area contributed by atoms with Crippen molar-refractivity contribution in [2.45, 2.75) is 0 Å². The summed E-state index contributed by atoms with van der Waals surface area (Å²) in [6, 6.07) is 2.24. The average Bonchev–Trinajstić information content (AvgIpc) is 2.17. The number of nitrogens with zero attached hydrogens (tertiary/aromatic N) is 1. The number of carbonyl (C=O) groups excluding carboxylic acids is 2. The molecule has 0 bridgehead atoms. The van der Waals surface area contributed by atoms with Crippen molar-refractivity contribution in [3.63, 3.8) is 0 Å². The molecule has 0 aliphatic rings. The minimum absolute atomic E-state index is 0.0194. The van der Waals surface area contributed by atoms with E-state index in [1.165, 1.54) is 13.1 Å². The van der Waals surface area contributed by atoms with Crippen LogP contribution in [0, 0.1) is 5.82 Å². The summed E-state index contributed by atoms with van der Waals surface area (Å²) in [7, 11) is 1.42. The number of carbonyl (C=O) groups is 2. The van der Waals surface area contributed by atoms with Gasteiger partial charge in [-0.2, -0.15) is 0 Å². The summed E-state index contributed by atoms with van der Waals surface area (Å²) in [4.78, 5) is 24.7. The standard InChI is InChI=1S/C8H7FN2O2/c1-10-8(13)6-3-2-5(9)7(4-12)11-6/h2-4H,1H3,(H,10,13). The Kier molecular flexibility index (Phi) is 2.69. The van der Waals surface area contributed by atoms with Crippen LogP contribution in [0.25, 0.3) is 0 Å². The van der Waals surface area contributed by atoms with Gasteiger partial charge < -0.3 is 5.32 Å². The third kappa shape index (κ3) is 1.87. The third-order valence-corrected chi connectivity index (χ3v) is 1.44. The summed E-state index contributed by atoms with van der Waals surface area (Å²) in [6.07, 6.45) is 0.266. The number of hydrogen-bond donors (Lipinski definition) is 1. The Labute approximate surface area is 73.8 Å². The fraction of sp³-hybridized carbons (Fsp3) is 0.125. The molecule has 0 saturated heterocycles. The van der Waals surface area contributed by atoms with E-state index in [0.29, 0.717) is 0 Å². The van der Waals surface area contributed by atoms with Gasteiger partial charge in [0.1, 0.15) is 11.4 Å². The molecule has 0 fully saturated rings. The van der Waals surface area contributed by atoms with Gasteiger partial charge in [-0.25, -0.2) is 9.37 Å². The van der Waals surface area contributed by atoms with Gasteiger partial charge in [-0.3, -0.25) is 9.59 Å². The molecule has 1 N–H and O–H groups in total. The number of amides is 1. The fourth-order valence-electron chi connectivity index (χ4n) is 0.795. The summed E-state index contributed by atoms with van der Waals surface area (Å²) in [5, 5.41) is 2.31. The molecule has 0 radical (unpaired) electrons. The first-order valence-corrected chi connectivity index (χ1v) is 3.53. The maximum absolute atomic E-state index is 12.7. The molecular weight excluding hydrogens is 175 g/mol. The summed E-state index contributed by atoms with van der Waals surface area (Å²) in [6.45, 7) is 0. The van der Waals surface area contributed by atoms with Gasteiger partial charge in [-0.15, -0.1) is 0 Å². The Hall–Kier alpha value is -1.78. The second-order valence-corrected chi connectivity index (χ2v) is 2.26. The van der Waals surface area contributed by atoms with E-state index in [-0.39, 0.29) is 17.7 Å². The lowest BCUT2D eigenvalue weighted by Crippen LogP contribution is -2.19. The van der Waals surface area contributed by atoms with Gasteiger partial charge in [0.2, 0.25) is 0 Å². The highest BCUT2D eigenvalue weighted by Crippen LogP contribution is 2.03. The Morgan fingerprint density at radius 1 is 1.62 bits per heavy atom. The zero-order valence-corrected chi connectivity index (χ0v) is 6.87. The van der Waals surface area contributed by atoms with Crippen LogP contribution in [0.15, 0.2) is 12.1 Å². The van der Waals surface area contributed by atoms with Crippen LogP contribution < -0.4 is 5.32 Å². The number of nitrogens with one attached hydrogen (secondary N) is 1. The molecule has 0 unspecified atom stereocenters. The lowest BCUT2D eigenvalue weighted by atomic mass is 10.3. The second kappa shape index (κ2) is 3.75. The Morgan fingerprint density at radius 3 is 2.85 bits per heavy atom. The number of aldehydes is 1. The van der Waals surface area contributed by atoms with Crippen molar-refractivity contribution in [3.05, 3.63) is 29.3 Å². The lowest BCUT2D eigenvalue weighted by Gasteiger charge is -1.99. The zero-order chi connectivity index (χ0) is 9.84. The molecule has 0 aliphatic heterocycles. The molecule has 1 heterocycles. The first-order chi connectivity index (χ1) is 6.19. The smallest absolute Gasteiger partial charge is 0.269 e. The van der Waals surface area contributed by atoms with Crippen LogP contribution in [0.3, 0.4) is 0 Å². The monoisotopic (exact) mass is 182 g/mol. The second-order valence-electron chi connectivity index (χ2n) is 2.26. The van der Waals surface area contributed by atoms with Crippen LogP contribution in [0.2, 0.25) is 0 Å². The van der Waals surface area contributed by atoms with E-state index in [9.17, 15) is 14.0 Å². The molecule has 1 rings (SSSR count). The van der Waals surface area contributed by atoms with Crippen LogP contribution in [-0.2, 0) is 0 Å². The summed E-state index contributed by atoms with van der Waals surface area (Å²) < 4.78 is 12.7. The van der Waals surface area contributed by atoms with Crippen molar-refractivity contribution >= 4 is 12.2 Å². The number of hydrogen-bond acceptors (Lipinski definition) is 3. The van der Waals surface area contributed by atoms with Crippen molar-refractivity contribution in [1.29, 1.82) is 0 Å². The van der Waals surface area contributed by atoms with Gasteiger partial charge in [-0.05, 0) is 12.1 Å². The maximum atomic E-state index is 12.7. The number of rotatable bonds is 2. The molecule has 0 spiro atoms. The van der Waals surface area contributed by atoms with Crippen molar-refractivity contribution in [2.24, 2.45) is 0 Å². The highest BCUT2D eigenvalue weighted by Gasteiger charge is 2.08. The Balaban J connectivity index is 3.13. The van der Waals surface area contributed by atoms with Gasteiger partial charge >= 0.3 is 0 Å². The molecule has 0 aromatic carbocycles. The minimum Gasteiger partial charge on any atom is -0.354 e. The predicted octanol–water partition coefficient (Wildman–Crippen LogP) is 0.393. The van der Waals surface area contributed by atoms with Gasteiger partial charge in [0.05, 0.1) is 0 Å². The number of pyridine rings is 1.